The number of amides is 2. The Morgan fingerprint density at radius 3 is 2.41 bits per heavy atom. The van der Waals surface area contributed by atoms with Crippen molar-refractivity contribution in [3.63, 3.8) is 0 Å². The maximum absolute atomic E-state index is 12.9. The van der Waals surface area contributed by atoms with E-state index in [0.29, 0.717) is 11.8 Å². The van der Waals surface area contributed by atoms with Crippen molar-refractivity contribution in [3.8, 4) is 5.75 Å². The zero-order chi connectivity index (χ0) is 23.7. The fourth-order valence-electron chi connectivity index (χ4n) is 3.22. The molecule has 3 rings (SSSR count). The second-order valence-electron chi connectivity index (χ2n) is 6.90. The van der Waals surface area contributed by atoms with Crippen LogP contribution in [0.1, 0.15) is 6.42 Å². The second-order valence-corrected chi connectivity index (χ2v) is 9.72. The summed E-state index contributed by atoms with van der Waals surface area (Å²) in [6.07, 6.45) is 1.82. The maximum atomic E-state index is 12.9. The molecule has 0 bridgehead atoms. The zero-order valence-corrected chi connectivity index (χ0v) is 18.6. The quantitative estimate of drug-likeness (QED) is 0.624. The highest BCUT2D eigenvalue weighted by atomic mass is 32.2. The van der Waals surface area contributed by atoms with Crippen molar-refractivity contribution in [1.29, 1.82) is 0 Å². The summed E-state index contributed by atoms with van der Waals surface area (Å²) >= 11 is 1.54. The van der Waals surface area contributed by atoms with Crippen molar-refractivity contribution in [3.05, 3.63) is 42.5 Å². The Hall–Kier alpha value is -2.73. The third-order valence-corrected chi connectivity index (χ3v) is 7.15. The molecular formula is C20H19F3N2O5S2. The molecule has 1 unspecified atom stereocenters. The molecule has 0 aromatic heterocycles. The van der Waals surface area contributed by atoms with Crippen LogP contribution >= 0.6 is 11.8 Å². The summed E-state index contributed by atoms with van der Waals surface area (Å²) in [6.45, 7) is 0.0755. The van der Waals surface area contributed by atoms with Gasteiger partial charge in [0.05, 0.1) is 23.6 Å². The summed E-state index contributed by atoms with van der Waals surface area (Å²) in [6, 6.07) is 9.67. The first kappa shape index (κ1) is 23.9. The van der Waals surface area contributed by atoms with Gasteiger partial charge in [0.1, 0.15) is 5.75 Å². The summed E-state index contributed by atoms with van der Waals surface area (Å²) in [5, 5.41) is 2.40. The molecule has 1 heterocycles. The van der Waals surface area contributed by atoms with Crippen LogP contribution in [0.25, 0.3) is 0 Å². The number of ether oxygens (including phenoxy) is 1. The van der Waals surface area contributed by atoms with Gasteiger partial charge in [-0.25, -0.2) is 8.42 Å². The number of alkyl halides is 3. The Morgan fingerprint density at radius 1 is 1.19 bits per heavy atom. The first-order valence-corrected chi connectivity index (χ1v) is 11.9. The van der Waals surface area contributed by atoms with Gasteiger partial charge in [-0.05, 0) is 48.7 Å². The summed E-state index contributed by atoms with van der Waals surface area (Å²) in [4.78, 5) is 26.6. The van der Waals surface area contributed by atoms with Gasteiger partial charge in [0.2, 0.25) is 11.8 Å². The number of halogens is 3. The Kier molecular flexibility index (Phi) is 6.75. The van der Waals surface area contributed by atoms with E-state index in [9.17, 15) is 31.2 Å². The number of benzene rings is 2. The maximum Gasteiger partial charge on any atom is 0.501 e. The molecule has 0 saturated carbocycles. The summed E-state index contributed by atoms with van der Waals surface area (Å²) in [7, 11) is -4.38. The van der Waals surface area contributed by atoms with Gasteiger partial charge in [0.15, 0.2) is 0 Å². The average Bonchev–Trinajstić information content (AvgIpc) is 3.14. The summed E-state index contributed by atoms with van der Waals surface area (Å²) < 4.78 is 67.1. The molecule has 1 aliphatic heterocycles. The van der Waals surface area contributed by atoms with Gasteiger partial charge in [0, 0.05) is 23.5 Å². The SMILES string of the molecule is COc1ccc(S(=O)(=O)C(F)(F)F)cc1NC(=O)C1CC(=O)N(c2ccc(SC)cc2)C1. The van der Waals surface area contributed by atoms with Gasteiger partial charge in [0.25, 0.3) is 9.84 Å². The van der Waals surface area contributed by atoms with Crippen LogP contribution in [0, 0.1) is 5.92 Å². The number of thioether (sulfide) groups is 1. The van der Waals surface area contributed by atoms with Crippen molar-refractivity contribution in [2.45, 2.75) is 21.7 Å². The van der Waals surface area contributed by atoms with Gasteiger partial charge in [-0.2, -0.15) is 13.2 Å². The van der Waals surface area contributed by atoms with Crippen LogP contribution in [0.5, 0.6) is 5.75 Å². The summed E-state index contributed by atoms with van der Waals surface area (Å²) in [5.41, 5.74) is -5.11. The molecule has 0 spiro atoms. The number of sulfone groups is 1. The number of hydrogen-bond acceptors (Lipinski definition) is 6. The molecular weight excluding hydrogens is 469 g/mol. The monoisotopic (exact) mass is 488 g/mol. The number of nitrogens with zero attached hydrogens (tertiary/aromatic N) is 1. The first-order valence-electron chi connectivity index (χ1n) is 9.22. The molecule has 2 amide bonds. The molecule has 12 heteroatoms. The van der Waals surface area contributed by atoms with Gasteiger partial charge in [-0.15, -0.1) is 11.8 Å². The van der Waals surface area contributed by atoms with Crippen LogP contribution in [0.2, 0.25) is 0 Å². The third kappa shape index (κ3) is 4.70. The molecule has 172 valence electrons. The van der Waals surface area contributed by atoms with Gasteiger partial charge in [-0.1, -0.05) is 0 Å². The predicted octanol–water partition coefficient (Wildman–Crippen LogP) is 3.70. The number of nitrogens with one attached hydrogen (secondary N) is 1. The first-order chi connectivity index (χ1) is 15.0. The van der Waals surface area contributed by atoms with Crippen LogP contribution in [0.3, 0.4) is 0 Å². The van der Waals surface area contributed by atoms with Crippen molar-refractivity contribution < 1.29 is 35.9 Å². The smallest absolute Gasteiger partial charge is 0.495 e. The topological polar surface area (TPSA) is 92.8 Å². The van der Waals surface area contributed by atoms with Crippen molar-refractivity contribution in [2.75, 3.05) is 30.1 Å². The minimum Gasteiger partial charge on any atom is -0.495 e. The molecule has 1 N–H and O–H groups in total. The number of carbonyl (C=O) groups is 2. The minimum atomic E-state index is -5.61. The lowest BCUT2D eigenvalue weighted by Gasteiger charge is -2.18. The van der Waals surface area contributed by atoms with Crippen LogP contribution in [0.15, 0.2) is 52.3 Å². The number of carbonyl (C=O) groups excluding carboxylic acids is 2. The van der Waals surface area contributed by atoms with Crippen molar-refractivity contribution in [2.24, 2.45) is 5.92 Å². The van der Waals surface area contributed by atoms with Gasteiger partial charge < -0.3 is 15.0 Å². The molecule has 2 aromatic rings. The Morgan fingerprint density at radius 2 is 1.84 bits per heavy atom. The minimum absolute atomic E-state index is 0.0201. The van der Waals surface area contributed by atoms with E-state index in [1.165, 1.54) is 12.0 Å². The number of methoxy groups -OCH3 is 1. The molecule has 0 aliphatic carbocycles. The number of hydrogen-bond donors (Lipinski definition) is 1. The highest BCUT2D eigenvalue weighted by Gasteiger charge is 2.47. The Balaban J connectivity index is 1.81. The highest BCUT2D eigenvalue weighted by molar-refractivity contribution is 7.98. The molecule has 7 nitrogen and oxygen atoms in total. The van der Waals surface area contributed by atoms with Crippen LogP contribution in [0.4, 0.5) is 24.5 Å². The highest BCUT2D eigenvalue weighted by Crippen LogP contribution is 2.35. The lowest BCUT2D eigenvalue weighted by atomic mass is 10.1. The third-order valence-electron chi connectivity index (χ3n) is 4.92. The van der Waals surface area contributed by atoms with Crippen LogP contribution < -0.4 is 15.0 Å². The van der Waals surface area contributed by atoms with E-state index in [2.05, 4.69) is 5.32 Å². The van der Waals surface area contributed by atoms with Crippen LogP contribution in [-0.2, 0) is 19.4 Å². The normalized spacial score (nSPS) is 16.8. The van der Waals surface area contributed by atoms with Gasteiger partial charge in [-0.3, -0.25) is 9.59 Å². The van der Waals surface area contributed by atoms with E-state index < -0.39 is 32.1 Å². The molecule has 0 radical (unpaired) electrons. The lowest BCUT2D eigenvalue weighted by molar-refractivity contribution is -0.122. The molecule has 1 aliphatic rings. The van der Waals surface area contributed by atoms with Crippen molar-refractivity contribution in [1.82, 2.24) is 0 Å². The van der Waals surface area contributed by atoms with E-state index in [1.54, 1.807) is 23.9 Å². The lowest BCUT2D eigenvalue weighted by Crippen LogP contribution is -2.28. The molecule has 1 atom stereocenters. The standard InChI is InChI=1S/C20H19F3N2O5S2/c1-30-17-8-7-15(32(28,29)20(21,22)23)10-16(17)24-19(27)12-9-18(26)25(11-12)13-3-5-14(31-2)6-4-13/h3-8,10,12H,9,11H2,1-2H3,(H,24,27). The fourth-order valence-corrected chi connectivity index (χ4v) is 4.41. The van der Waals surface area contributed by atoms with E-state index in [-0.39, 0.29) is 30.3 Å². The largest absolute Gasteiger partial charge is 0.501 e. The fraction of sp³-hybridized carbons (Fsp3) is 0.300. The molecule has 1 saturated heterocycles. The van der Waals surface area contributed by atoms with Crippen LogP contribution in [-0.4, -0.2) is 45.7 Å². The Bertz CT molecular complexity index is 1130. The number of anilines is 2. The van der Waals surface area contributed by atoms with E-state index >= 15 is 0 Å². The van der Waals surface area contributed by atoms with E-state index in [1.807, 2.05) is 18.4 Å². The van der Waals surface area contributed by atoms with E-state index in [0.717, 1.165) is 17.0 Å². The Labute approximate surface area is 186 Å². The molecule has 32 heavy (non-hydrogen) atoms. The second kappa shape index (κ2) is 9.02. The average molecular weight is 489 g/mol. The van der Waals surface area contributed by atoms with Crippen molar-refractivity contribution >= 4 is 44.8 Å². The predicted molar refractivity (Wildman–Crippen MR) is 114 cm³/mol. The molecule has 1 fully saturated rings. The van der Waals surface area contributed by atoms with Gasteiger partial charge >= 0.3 is 5.51 Å². The zero-order valence-electron chi connectivity index (χ0n) is 17.0. The number of rotatable bonds is 6. The van der Waals surface area contributed by atoms with E-state index in [4.69, 9.17) is 4.74 Å². The summed E-state index contributed by atoms with van der Waals surface area (Å²) in [5.74, 6) is -1.72. The molecule has 2 aromatic carbocycles.